The van der Waals surface area contributed by atoms with Gasteiger partial charge in [-0.05, 0) is 24.3 Å². The molecule has 1 heterocycles. The van der Waals surface area contributed by atoms with Crippen LogP contribution in [0, 0.1) is 11.7 Å². The van der Waals surface area contributed by atoms with Gasteiger partial charge in [0.2, 0.25) is 0 Å². The number of halogens is 2. The van der Waals surface area contributed by atoms with Gasteiger partial charge in [0.15, 0.2) is 0 Å². The van der Waals surface area contributed by atoms with Crippen LogP contribution in [0.2, 0.25) is 5.02 Å². The summed E-state index contributed by atoms with van der Waals surface area (Å²) < 4.78 is 19.6. The van der Waals surface area contributed by atoms with Crippen LogP contribution in [0.3, 0.4) is 0 Å². The molecule has 0 fully saturated rings. The third kappa shape index (κ3) is 2.46. The maximum absolute atomic E-state index is 13.9. The van der Waals surface area contributed by atoms with Crippen LogP contribution in [0.4, 0.5) is 10.1 Å². The number of benzene rings is 2. The highest BCUT2D eigenvalue weighted by Gasteiger charge is 2.28. The first-order valence-electron chi connectivity index (χ1n) is 6.58. The molecule has 0 saturated carbocycles. The van der Waals surface area contributed by atoms with Gasteiger partial charge in [-0.1, -0.05) is 36.7 Å². The van der Waals surface area contributed by atoms with E-state index in [0.29, 0.717) is 17.3 Å². The van der Waals surface area contributed by atoms with Crippen LogP contribution < -0.4 is 10.1 Å². The van der Waals surface area contributed by atoms with Crippen molar-refractivity contribution in [3.05, 3.63) is 58.9 Å². The Labute approximate surface area is 122 Å². The predicted octanol–water partition coefficient (Wildman–Crippen LogP) is 4.66. The second-order valence-corrected chi connectivity index (χ2v) is 5.51. The smallest absolute Gasteiger partial charge is 0.146 e. The van der Waals surface area contributed by atoms with Gasteiger partial charge in [-0.15, -0.1) is 0 Å². The number of anilines is 1. The van der Waals surface area contributed by atoms with Gasteiger partial charge >= 0.3 is 0 Å². The summed E-state index contributed by atoms with van der Waals surface area (Å²) in [5.41, 5.74) is 1.47. The minimum Gasteiger partial charge on any atom is -0.493 e. The largest absolute Gasteiger partial charge is 0.493 e. The lowest BCUT2D eigenvalue weighted by atomic mass is 9.92. The van der Waals surface area contributed by atoms with E-state index in [1.54, 1.807) is 12.1 Å². The first-order chi connectivity index (χ1) is 9.65. The van der Waals surface area contributed by atoms with Crippen LogP contribution >= 0.6 is 11.6 Å². The molecule has 0 spiro atoms. The maximum atomic E-state index is 13.9. The van der Waals surface area contributed by atoms with Crippen molar-refractivity contribution in [1.82, 2.24) is 0 Å². The molecule has 1 N–H and O–H groups in total. The Balaban J connectivity index is 1.95. The monoisotopic (exact) mass is 291 g/mol. The lowest BCUT2D eigenvalue weighted by Crippen LogP contribution is -2.29. The summed E-state index contributed by atoms with van der Waals surface area (Å²) in [6.07, 6.45) is 0. The highest BCUT2D eigenvalue weighted by Crippen LogP contribution is 2.38. The van der Waals surface area contributed by atoms with Crippen LogP contribution in [-0.4, -0.2) is 6.61 Å². The van der Waals surface area contributed by atoms with Crippen LogP contribution in [0.25, 0.3) is 0 Å². The molecule has 20 heavy (non-hydrogen) atoms. The highest BCUT2D eigenvalue weighted by atomic mass is 35.5. The molecule has 2 unspecified atom stereocenters. The molecule has 2 atom stereocenters. The Hall–Kier alpha value is -1.74. The number of para-hydroxylation sites is 1. The molecule has 1 aliphatic heterocycles. The zero-order valence-corrected chi connectivity index (χ0v) is 11.8. The molecule has 2 aromatic carbocycles. The second-order valence-electron chi connectivity index (χ2n) is 5.07. The fourth-order valence-electron chi connectivity index (χ4n) is 2.49. The molecular weight excluding hydrogens is 277 g/mol. The summed E-state index contributed by atoms with van der Waals surface area (Å²) in [5.74, 6) is 0.791. The average Bonchev–Trinajstić information content (AvgIpc) is 2.46. The molecule has 0 amide bonds. The molecule has 0 aromatic heterocycles. The number of fused-ring (bicyclic) bond motifs is 1. The van der Waals surface area contributed by atoms with Crippen LogP contribution in [0.5, 0.6) is 5.75 Å². The Bertz CT molecular complexity index is 632. The zero-order valence-electron chi connectivity index (χ0n) is 11.1. The highest BCUT2D eigenvalue weighted by molar-refractivity contribution is 6.30. The summed E-state index contributed by atoms with van der Waals surface area (Å²) in [4.78, 5) is 0. The van der Waals surface area contributed by atoms with Gasteiger partial charge in [0.1, 0.15) is 11.6 Å². The van der Waals surface area contributed by atoms with Crippen LogP contribution in [-0.2, 0) is 0 Å². The summed E-state index contributed by atoms with van der Waals surface area (Å²) >= 11 is 5.94. The number of rotatable bonds is 2. The number of nitrogens with one attached hydrogen (secondary N) is 1. The number of hydrogen-bond donors (Lipinski definition) is 1. The van der Waals surface area contributed by atoms with E-state index in [1.165, 1.54) is 6.07 Å². The van der Waals surface area contributed by atoms with E-state index < -0.39 is 0 Å². The summed E-state index contributed by atoms with van der Waals surface area (Å²) in [5, 5.41) is 3.77. The predicted molar refractivity (Wildman–Crippen MR) is 78.9 cm³/mol. The van der Waals surface area contributed by atoms with E-state index in [1.807, 2.05) is 24.3 Å². The van der Waals surface area contributed by atoms with Crippen LogP contribution in [0.1, 0.15) is 18.5 Å². The Morgan fingerprint density at radius 3 is 2.90 bits per heavy atom. The maximum Gasteiger partial charge on any atom is 0.146 e. The molecule has 0 aliphatic carbocycles. The van der Waals surface area contributed by atoms with Gasteiger partial charge < -0.3 is 10.1 Å². The van der Waals surface area contributed by atoms with Crippen LogP contribution in [0.15, 0.2) is 42.5 Å². The quantitative estimate of drug-likeness (QED) is 0.869. The minimum absolute atomic E-state index is 0.00733. The van der Waals surface area contributed by atoms with Crippen molar-refractivity contribution in [2.45, 2.75) is 13.0 Å². The van der Waals surface area contributed by atoms with Crippen molar-refractivity contribution in [2.24, 2.45) is 5.92 Å². The molecule has 4 heteroatoms. The van der Waals surface area contributed by atoms with E-state index in [9.17, 15) is 4.39 Å². The molecule has 0 saturated heterocycles. The van der Waals surface area contributed by atoms with E-state index in [-0.39, 0.29) is 17.8 Å². The molecule has 2 aromatic rings. The van der Waals surface area contributed by atoms with E-state index in [4.69, 9.17) is 16.3 Å². The van der Waals surface area contributed by atoms with Gasteiger partial charge in [0, 0.05) is 16.5 Å². The van der Waals surface area contributed by atoms with Gasteiger partial charge in [-0.3, -0.25) is 0 Å². The van der Waals surface area contributed by atoms with Gasteiger partial charge in [0.05, 0.1) is 18.3 Å². The summed E-state index contributed by atoms with van der Waals surface area (Å²) in [6.45, 7) is 2.69. The normalized spacial score (nSPS) is 20.9. The van der Waals surface area contributed by atoms with Gasteiger partial charge in [-0.25, -0.2) is 4.39 Å². The van der Waals surface area contributed by atoms with E-state index in [0.717, 1.165) is 11.3 Å². The fourth-order valence-corrected chi connectivity index (χ4v) is 2.66. The molecule has 1 aliphatic rings. The fraction of sp³-hybridized carbons (Fsp3) is 0.250. The molecule has 104 valence electrons. The van der Waals surface area contributed by atoms with Crippen molar-refractivity contribution in [3.63, 3.8) is 0 Å². The third-order valence-electron chi connectivity index (χ3n) is 3.56. The van der Waals surface area contributed by atoms with Gasteiger partial charge in [-0.2, -0.15) is 0 Å². The summed E-state index contributed by atoms with van der Waals surface area (Å²) in [6, 6.07) is 12.4. The Morgan fingerprint density at radius 1 is 1.25 bits per heavy atom. The van der Waals surface area contributed by atoms with Crippen molar-refractivity contribution < 1.29 is 9.13 Å². The molecule has 3 rings (SSSR count). The summed E-state index contributed by atoms with van der Waals surface area (Å²) in [7, 11) is 0. The first-order valence-corrected chi connectivity index (χ1v) is 6.96. The van der Waals surface area contributed by atoms with Gasteiger partial charge in [0.25, 0.3) is 0 Å². The number of hydrogen-bond acceptors (Lipinski definition) is 2. The Kier molecular flexibility index (Phi) is 3.53. The van der Waals surface area contributed by atoms with Crippen molar-refractivity contribution in [1.29, 1.82) is 0 Å². The lowest BCUT2D eigenvalue weighted by molar-refractivity contribution is 0.214. The van der Waals surface area contributed by atoms with E-state index >= 15 is 0 Å². The first kappa shape index (κ1) is 13.3. The molecule has 2 nitrogen and oxygen atoms in total. The molecule has 0 radical (unpaired) electrons. The van der Waals surface area contributed by atoms with Crippen molar-refractivity contribution >= 4 is 17.3 Å². The zero-order chi connectivity index (χ0) is 14.1. The van der Waals surface area contributed by atoms with E-state index in [2.05, 4.69) is 12.2 Å². The Morgan fingerprint density at radius 2 is 2.05 bits per heavy atom. The minimum atomic E-state index is -0.300. The number of ether oxygens (including phenoxy) is 1. The molecule has 0 bridgehead atoms. The third-order valence-corrected chi connectivity index (χ3v) is 3.80. The SMILES string of the molecule is CC1COc2ccccc2C1Nc1cc(Cl)ccc1F. The topological polar surface area (TPSA) is 21.3 Å². The van der Waals surface area contributed by atoms with Crippen molar-refractivity contribution in [2.75, 3.05) is 11.9 Å². The standard InChI is InChI=1S/C16H15ClFNO/c1-10-9-20-15-5-3-2-4-12(15)16(10)19-14-8-11(17)6-7-13(14)18/h2-8,10,16,19H,9H2,1H3. The lowest BCUT2D eigenvalue weighted by Gasteiger charge is -2.32. The average molecular weight is 292 g/mol. The second kappa shape index (κ2) is 5.33. The molecular formula is C16H15ClFNO. The van der Waals surface area contributed by atoms with Crippen molar-refractivity contribution in [3.8, 4) is 5.75 Å².